The van der Waals surface area contributed by atoms with Crippen LogP contribution in [0.3, 0.4) is 0 Å². The molecule has 0 aliphatic carbocycles. The van der Waals surface area contributed by atoms with Gasteiger partial charge < -0.3 is 10.5 Å². The molecule has 2 N–H and O–H groups in total. The van der Waals surface area contributed by atoms with E-state index in [1.807, 2.05) is 10.8 Å². The minimum absolute atomic E-state index is 0.00294. The van der Waals surface area contributed by atoms with Crippen LogP contribution in [0, 0.1) is 0 Å². The molecule has 0 aliphatic heterocycles. The fraction of sp³-hybridized carbons (Fsp3) is 0.556. The molecule has 0 aliphatic rings. The highest BCUT2D eigenvalue weighted by Gasteiger charge is 2.27. The SMILES string of the molecule is NC(CCOCC(F)(F)F)c1cscc1Br. The largest absolute Gasteiger partial charge is 0.411 e. The van der Waals surface area contributed by atoms with Crippen LogP contribution in [0.25, 0.3) is 0 Å². The first-order valence-corrected chi connectivity index (χ1v) is 6.25. The first kappa shape index (κ1) is 14.0. The van der Waals surface area contributed by atoms with E-state index in [-0.39, 0.29) is 12.6 Å². The molecule has 1 aromatic heterocycles. The number of halogens is 4. The Labute approximate surface area is 104 Å². The van der Waals surface area contributed by atoms with Crippen LogP contribution in [0.2, 0.25) is 0 Å². The molecule has 92 valence electrons. The molecule has 2 nitrogen and oxygen atoms in total. The van der Waals surface area contributed by atoms with E-state index < -0.39 is 12.8 Å². The number of hydrogen-bond acceptors (Lipinski definition) is 3. The van der Waals surface area contributed by atoms with Crippen molar-refractivity contribution < 1.29 is 17.9 Å². The van der Waals surface area contributed by atoms with Crippen molar-refractivity contribution in [2.24, 2.45) is 5.73 Å². The van der Waals surface area contributed by atoms with Crippen LogP contribution in [0.5, 0.6) is 0 Å². The Kier molecular flexibility index (Phi) is 5.23. The first-order valence-electron chi connectivity index (χ1n) is 4.52. The molecule has 1 heterocycles. The third-order valence-corrected chi connectivity index (χ3v) is 3.63. The zero-order valence-corrected chi connectivity index (χ0v) is 10.7. The second kappa shape index (κ2) is 6.00. The molecule has 0 spiro atoms. The van der Waals surface area contributed by atoms with Gasteiger partial charge in [0, 0.05) is 22.5 Å². The van der Waals surface area contributed by atoms with Crippen LogP contribution in [-0.4, -0.2) is 19.4 Å². The molecular formula is C9H11BrF3NOS. The van der Waals surface area contributed by atoms with Gasteiger partial charge in [-0.15, -0.1) is 0 Å². The second-order valence-corrected chi connectivity index (χ2v) is 4.84. The minimum Gasteiger partial charge on any atom is -0.372 e. The van der Waals surface area contributed by atoms with Crippen molar-refractivity contribution in [3.63, 3.8) is 0 Å². The van der Waals surface area contributed by atoms with E-state index in [1.54, 1.807) is 0 Å². The van der Waals surface area contributed by atoms with E-state index in [9.17, 15) is 13.2 Å². The van der Waals surface area contributed by atoms with Crippen LogP contribution in [0.15, 0.2) is 15.2 Å². The average Bonchev–Trinajstić information content (AvgIpc) is 2.57. The maximum Gasteiger partial charge on any atom is 0.411 e. The highest BCUT2D eigenvalue weighted by Crippen LogP contribution is 2.27. The fourth-order valence-corrected chi connectivity index (χ4v) is 2.77. The van der Waals surface area contributed by atoms with Gasteiger partial charge in [-0.25, -0.2) is 0 Å². The summed E-state index contributed by atoms with van der Waals surface area (Å²) in [4.78, 5) is 0. The third kappa shape index (κ3) is 4.82. The van der Waals surface area contributed by atoms with Crippen molar-refractivity contribution in [3.8, 4) is 0 Å². The van der Waals surface area contributed by atoms with Gasteiger partial charge in [0.05, 0.1) is 0 Å². The summed E-state index contributed by atoms with van der Waals surface area (Å²) in [6, 6.07) is -0.297. The summed E-state index contributed by atoms with van der Waals surface area (Å²) in [5, 5.41) is 3.75. The topological polar surface area (TPSA) is 35.2 Å². The quantitative estimate of drug-likeness (QED) is 0.844. The van der Waals surface area contributed by atoms with Gasteiger partial charge in [0.2, 0.25) is 0 Å². The van der Waals surface area contributed by atoms with Gasteiger partial charge >= 0.3 is 6.18 Å². The van der Waals surface area contributed by atoms with Gasteiger partial charge in [-0.1, -0.05) is 0 Å². The summed E-state index contributed by atoms with van der Waals surface area (Å²) in [6.45, 7) is -1.21. The number of ether oxygens (including phenoxy) is 1. The zero-order chi connectivity index (χ0) is 12.2. The van der Waals surface area contributed by atoms with Crippen molar-refractivity contribution >= 4 is 27.3 Å². The molecule has 1 atom stereocenters. The lowest BCUT2D eigenvalue weighted by atomic mass is 10.1. The molecule has 0 saturated heterocycles. The Hall–Kier alpha value is -0.110. The van der Waals surface area contributed by atoms with E-state index >= 15 is 0 Å². The number of thiophene rings is 1. The standard InChI is InChI=1S/C9H11BrF3NOS/c10-7-4-16-3-6(7)8(14)1-2-15-5-9(11,12)13/h3-4,8H,1-2,5,14H2. The fourth-order valence-electron chi connectivity index (χ4n) is 1.11. The summed E-state index contributed by atoms with van der Waals surface area (Å²) >= 11 is 4.81. The normalized spacial score (nSPS) is 14.1. The molecule has 0 bridgehead atoms. The summed E-state index contributed by atoms with van der Waals surface area (Å²) in [5.41, 5.74) is 6.71. The Balaban J connectivity index is 2.26. The van der Waals surface area contributed by atoms with Crippen molar-refractivity contribution in [2.75, 3.05) is 13.2 Å². The van der Waals surface area contributed by atoms with Crippen LogP contribution in [-0.2, 0) is 4.74 Å². The van der Waals surface area contributed by atoms with Gasteiger partial charge in [0.15, 0.2) is 0 Å². The van der Waals surface area contributed by atoms with Gasteiger partial charge in [0.25, 0.3) is 0 Å². The van der Waals surface area contributed by atoms with Crippen LogP contribution < -0.4 is 5.73 Å². The lowest BCUT2D eigenvalue weighted by Crippen LogP contribution is -2.19. The Morgan fingerprint density at radius 3 is 2.62 bits per heavy atom. The lowest BCUT2D eigenvalue weighted by molar-refractivity contribution is -0.174. The van der Waals surface area contributed by atoms with Crippen molar-refractivity contribution in [1.82, 2.24) is 0 Å². The van der Waals surface area contributed by atoms with Gasteiger partial charge in [-0.2, -0.15) is 24.5 Å². The molecular weight excluding hydrogens is 307 g/mol. The van der Waals surface area contributed by atoms with Gasteiger partial charge in [-0.3, -0.25) is 0 Å². The molecule has 0 aromatic carbocycles. The minimum atomic E-state index is -4.27. The summed E-state index contributed by atoms with van der Waals surface area (Å²) < 4.78 is 40.6. The summed E-state index contributed by atoms with van der Waals surface area (Å²) in [5.74, 6) is 0. The molecule has 16 heavy (non-hydrogen) atoms. The summed E-state index contributed by atoms with van der Waals surface area (Å²) in [7, 11) is 0. The van der Waals surface area contributed by atoms with E-state index in [0.29, 0.717) is 6.42 Å². The number of hydrogen-bond donors (Lipinski definition) is 1. The summed E-state index contributed by atoms with van der Waals surface area (Å²) in [6.07, 6.45) is -3.90. The lowest BCUT2D eigenvalue weighted by Gasteiger charge is -2.12. The molecule has 7 heteroatoms. The maximum absolute atomic E-state index is 11.8. The van der Waals surface area contributed by atoms with Crippen LogP contribution in [0.1, 0.15) is 18.0 Å². The third-order valence-electron chi connectivity index (χ3n) is 1.88. The predicted octanol–water partition coefficient (Wildman–Crippen LogP) is 3.48. The van der Waals surface area contributed by atoms with Gasteiger partial charge in [0.1, 0.15) is 6.61 Å². The molecule has 1 aromatic rings. The molecule has 0 saturated carbocycles. The maximum atomic E-state index is 11.8. The molecule has 0 fully saturated rings. The molecule has 1 rings (SSSR count). The Morgan fingerprint density at radius 2 is 2.12 bits per heavy atom. The van der Waals surface area contributed by atoms with E-state index in [2.05, 4.69) is 20.7 Å². The smallest absolute Gasteiger partial charge is 0.372 e. The predicted molar refractivity (Wildman–Crippen MR) is 60.4 cm³/mol. The first-order chi connectivity index (χ1) is 7.40. The highest BCUT2D eigenvalue weighted by molar-refractivity contribution is 9.10. The van der Waals surface area contributed by atoms with Crippen molar-refractivity contribution in [3.05, 3.63) is 20.8 Å². The Morgan fingerprint density at radius 1 is 1.44 bits per heavy atom. The second-order valence-electron chi connectivity index (χ2n) is 3.24. The average molecular weight is 318 g/mol. The number of rotatable bonds is 5. The Bertz CT molecular complexity index is 329. The van der Waals surface area contributed by atoms with Crippen LogP contribution >= 0.6 is 27.3 Å². The number of alkyl halides is 3. The van der Waals surface area contributed by atoms with E-state index in [4.69, 9.17) is 5.73 Å². The molecule has 0 amide bonds. The highest BCUT2D eigenvalue weighted by atomic mass is 79.9. The monoisotopic (exact) mass is 317 g/mol. The van der Waals surface area contributed by atoms with E-state index in [0.717, 1.165) is 10.0 Å². The molecule has 0 radical (unpaired) electrons. The van der Waals surface area contributed by atoms with E-state index in [1.165, 1.54) is 11.3 Å². The zero-order valence-electron chi connectivity index (χ0n) is 8.26. The van der Waals surface area contributed by atoms with Crippen molar-refractivity contribution in [1.29, 1.82) is 0 Å². The molecule has 1 unspecified atom stereocenters. The number of nitrogens with two attached hydrogens (primary N) is 1. The van der Waals surface area contributed by atoms with Gasteiger partial charge in [-0.05, 0) is 33.3 Å². The van der Waals surface area contributed by atoms with Crippen molar-refractivity contribution in [2.45, 2.75) is 18.6 Å². The van der Waals surface area contributed by atoms with Crippen LogP contribution in [0.4, 0.5) is 13.2 Å².